The Labute approximate surface area is 675 Å². The molecule has 7 amide bonds. The molecule has 6 aromatic rings. The van der Waals surface area contributed by atoms with Gasteiger partial charge in [-0.1, -0.05) is 52.0 Å². The summed E-state index contributed by atoms with van der Waals surface area (Å²) in [4.78, 5) is 141. The van der Waals surface area contributed by atoms with Crippen molar-refractivity contribution in [1.29, 1.82) is 0 Å². The third-order valence-electron chi connectivity index (χ3n) is 20.2. The number of carboxylic acid groups (broad SMARTS) is 1. The number of carboxylic acids is 1. The number of rotatable bonds is 43. The number of aliphatic hydroxyl groups excluding tert-OH is 3. The van der Waals surface area contributed by atoms with Crippen LogP contribution >= 0.6 is 0 Å². The zero-order valence-electron chi connectivity index (χ0n) is 66.8. The van der Waals surface area contributed by atoms with E-state index >= 15 is 0 Å². The third-order valence-corrected chi connectivity index (χ3v) is 21.0. The minimum absolute atomic E-state index is 0.0214. The number of anilines is 2. The first kappa shape index (κ1) is 90.8. The molecule has 12 N–H and O–H groups in total. The molecule has 0 aliphatic carbocycles. The number of nitrogens with zero attached hydrogens (tertiary/aromatic N) is 5. The van der Waals surface area contributed by atoms with Gasteiger partial charge in [0.2, 0.25) is 41.7 Å². The van der Waals surface area contributed by atoms with Gasteiger partial charge in [0, 0.05) is 90.3 Å². The number of carbonyl (C=O) groups is 9. The van der Waals surface area contributed by atoms with Crippen LogP contribution in [-0.4, -0.2) is 256 Å². The summed E-state index contributed by atoms with van der Waals surface area (Å²) in [5, 5.41) is 70.5. The molecule has 9 atom stereocenters. The molecular formula is C79H105N11O26S. The van der Waals surface area contributed by atoms with E-state index in [1.165, 1.54) is 34.6 Å². The van der Waals surface area contributed by atoms with Gasteiger partial charge in [0.25, 0.3) is 15.7 Å². The number of esters is 1. The normalized spacial score (nSPS) is 18.4. The topological polar surface area (TPSA) is 501 Å². The molecule has 3 aromatic heterocycles. The quantitative estimate of drug-likeness (QED) is 0.0148. The third kappa shape index (κ3) is 23.4. The van der Waals surface area contributed by atoms with Crippen LogP contribution in [0.2, 0.25) is 0 Å². The van der Waals surface area contributed by atoms with E-state index < -0.39 is 148 Å². The average Bonchev–Trinajstić information content (AvgIpc) is 1.59. The molecule has 638 valence electrons. The molecule has 3 aromatic carbocycles. The summed E-state index contributed by atoms with van der Waals surface area (Å²) in [6, 6.07) is 16.1. The highest BCUT2D eigenvalue weighted by Crippen LogP contribution is 2.41. The van der Waals surface area contributed by atoms with E-state index in [9.17, 15) is 86.4 Å². The number of ether oxygens (including phenoxy) is 8. The number of aliphatic hydroxyl groups is 4. The lowest BCUT2D eigenvalue weighted by Crippen LogP contribution is -2.61. The SMILES string of the molecule is CCN(C)Cc1cc2cc(NC(=O)CCC(=O)N[C@@H](CS(=O)(=O)O)C(=O)NCCOCCOCCOCCOCCC(=O)N[C@H](C(=O)N[C@@H](C)C(=O)Nc3ccc(COC(=O)N(CCc4c5c(nc6ccccc46)-c4cc6c(c(=O)n4C5)COC(=O)[C@]6(O)CC)C(C)C)cc3O[C@@H]3O[C@H](C(=O)O)[C@@H](O)[C@H](O)[C@H]3O)C(C)C)ccc2n1CC. The molecule has 117 heavy (non-hydrogen) atoms. The fourth-order valence-electron chi connectivity index (χ4n) is 13.6. The van der Waals surface area contributed by atoms with E-state index in [4.69, 9.17) is 42.9 Å². The molecule has 6 heterocycles. The zero-order valence-corrected chi connectivity index (χ0v) is 67.6. The predicted octanol–water partition coefficient (Wildman–Crippen LogP) is 2.31. The number of pyridine rings is 2. The summed E-state index contributed by atoms with van der Waals surface area (Å²) in [6.07, 6.45) is -11.6. The number of benzene rings is 3. The summed E-state index contributed by atoms with van der Waals surface area (Å²) in [5.41, 5.74) is 3.58. The van der Waals surface area contributed by atoms with Crippen molar-refractivity contribution in [2.45, 2.75) is 181 Å². The Kier molecular flexibility index (Phi) is 32.1. The Hall–Kier alpha value is -10.1. The number of aryl methyl sites for hydroxylation is 1. The molecule has 1 fully saturated rings. The lowest BCUT2D eigenvalue weighted by molar-refractivity contribution is -0.271. The second kappa shape index (κ2) is 41.3. The number of aromatic nitrogens is 3. The van der Waals surface area contributed by atoms with Crippen LogP contribution in [0, 0.1) is 5.92 Å². The molecule has 3 aliphatic rings. The van der Waals surface area contributed by atoms with Gasteiger partial charge in [-0.25, -0.2) is 19.4 Å². The maximum Gasteiger partial charge on any atom is 0.410 e. The number of hydrogen-bond acceptors (Lipinski definition) is 26. The maximum atomic E-state index is 14.2. The summed E-state index contributed by atoms with van der Waals surface area (Å²) in [5.74, 6) is -8.75. The number of amides is 7. The van der Waals surface area contributed by atoms with Gasteiger partial charge in [-0.2, -0.15) is 8.42 Å². The minimum Gasteiger partial charge on any atom is -0.479 e. The summed E-state index contributed by atoms with van der Waals surface area (Å²) in [6.45, 7) is 16.5. The average molecular weight is 1660 g/mol. The minimum atomic E-state index is -4.72. The van der Waals surface area contributed by atoms with Crippen LogP contribution in [0.1, 0.15) is 115 Å². The van der Waals surface area contributed by atoms with Crippen LogP contribution in [0.15, 0.2) is 77.6 Å². The number of carbonyl (C=O) groups excluding carboxylic acids is 8. The Morgan fingerprint density at radius 2 is 1.42 bits per heavy atom. The highest BCUT2D eigenvalue weighted by atomic mass is 32.2. The molecular weight excluding hydrogens is 1550 g/mol. The van der Waals surface area contributed by atoms with E-state index in [0.717, 1.165) is 47.2 Å². The zero-order chi connectivity index (χ0) is 85.2. The van der Waals surface area contributed by atoms with Crippen LogP contribution in [-0.2, 0) is 127 Å². The second-order valence-corrected chi connectivity index (χ2v) is 30.7. The number of fused-ring (bicyclic) bond motifs is 6. The van der Waals surface area contributed by atoms with Crippen LogP contribution in [0.5, 0.6) is 5.75 Å². The van der Waals surface area contributed by atoms with Crippen molar-refractivity contribution >= 4 is 96.8 Å². The van der Waals surface area contributed by atoms with Gasteiger partial charge < -0.3 is 114 Å². The molecule has 9 rings (SSSR count). The number of nitrogens with one attached hydrogen (secondary N) is 6. The Balaban J connectivity index is 0.685. The van der Waals surface area contributed by atoms with Gasteiger partial charge in [0.05, 0.1) is 87.6 Å². The van der Waals surface area contributed by atoms with Gasteiger partial charge in [0.15, 0.2) is 11.7 Å². The fourth-order valence-corrected chi connectivity index (χ4v) is 14.3. The summed E-state index contributed by atoms with van der Waals surface area (Å²) < 4.78 is 81.3. The first-order chi connectivity index (χ1) is 55.6. The molecule has 0 unspecified atom stereocenters. The van der Waals surface area contributed by atoms with Gasteiger partial charge in [-0.15, -0.1) is 0 Å². The van der Waals surface area contributed by atoms with Crippen molar-refractivity contribution in [3.8, 4) is 17.1 Å². The molecule has 0 saturated carbocycles. The lowest BCUT2D eigenvalue weighted by atomic mass is 9.86. The van der Waals surface area contributed by atoms with Crippen LogP contribution in [0.3, 0.4) is 0 Å². The molecule has 37 nitrogen and oxygen atoms in total. The van der Waals surface area contributed by atoms with E-state index in [1.54, 1.807) is 46.8 Å². The first-order valence-electron chi connectivity index (χ1n) is 38.7. The number of cyclic esters (lactones) is 1. The smallest absolute Gasteiger partial charge is 0.410 e. The molecule has 0 radical (unpaired) electrons. The lowest BCUT2D eigenvalue weighted by Gasteiger charge is -2.38. The summed E-state index contributed by atoms with van der Waals surface area (Å²) in [7, 11) is -2.69. The van der Waals surface area contributed by atoms with E-state index in [1.807, 2.05) is 43.4 Å². The van der Waals surface area contributed by atoms with Crippen molar-refractivity contribution in [2.75, 3.05) is 95.9 Å². The maximum absolute atomic E-state index is 14.2. The predicted molar refractivity (Wildman–Crippen MR) is 421 cm³/mol. The Morgan fingerprint density at radius 1 is 0.744 bits per heavy atom. The summed E-state index contributed by atoms with van der Waals surface area (Å²) >= 11 is 0. The van der Waals surface area contributed by atoms with Crippen LogP contribution in [0.25, 0.3) is 33.2 Å². The number of para-hydroxylation sites is 1. The number of hydrogen-bond donors (Lipinski definition) is 12. The first-order valence-corrected chi connectivity index (χ1v) is 40.3. The van der Waals surface area contributed by atoms with Crippen molar-refractivity contribution < 1.29 is 120 Å². The van der Waals surface area contributed by atoms with Crippen LogP contribution in [0.4, 0.5) is 16.2 Å². The van der Waals surface area contributed by atoms with Crippen molar-refractivity contribution in [3.63, 3.8) is 0 Å². The van der Waals surface area contributed by atoms with Crippen molar-refractivity contribution in [1.82, 2.24) is 45.2 Å². The highest BCUT2D eigenvalue weighted by Gasteiger charge is 2.49. The second-order valence-electron chi connectivity index (χ2n) is 29.2. The fraction of sp³-hybridized carbons (Fsp3) is 0.532. The van der Waals surface area contributed by atoms with Crippen molar-refractivity contribution in [3.05, 3.63) is 117 Å². The molecule has 3 aliphatic heterocycles. The van der Waals surface area contributed by atoms with Gasteiger partial charge in [-0.3, -0.25) is 38.1 Å². The Bertz CT molecular complexity index is 4770. The van der Waals surface area contributed by atoms with Gasteiger partial charge in [-0.05, 0) is 120 Å². The van der Waals surface area contributed by atoms with Gasteiger partial charge >= 0.3 is 18.0 Å². The molecule has 0 spiro atoms. The highest BCUT2D eigenvalue weighted by molar-refractivity contribution is 7.85. The van der Waals surface area contributed by atoms with Crippen LogP contribution < -0.4 is 42.2 Å². The largest absolute Gasteiger partial charge is 0.479 e. The monoisotopic (exact) mass is 1660 g/mol. The van der Waals surface area contributed by atoms with E-state index in [-0.39, 0.29) is 139 Å². The van der Waals surface area contributed by atoms with Crippen molar-refractivity contribution in [2.24, 2.45) is 5.92 Å². The van der Waals surface area contributed by atoms with E-state index in [0.29, 0.717) is 28.2 Å². The Morgan fingerprint density at radius 3 is 2.08 bits per heavy atom. The number of aliphatic carboxylic acids is 1. The molecule has 38 heteroatoms. The molecule has 1 saturated heterocycles. The van der Waals surface area contributed by atoms with E-state index in [2.05, 4.69) is 61.3 Å². The van der Waals surface area contributed by atoms with Gasteiger partial charge in [0.1, 0.15) is 61.2 Å². The molecule has 0 bridgehead atoms. The standard InChI is InChI=1S/C79H105N11O26S/c1-10-79(105)55-38-60-66-53(40-90(60)74(100)54(55)42-113-77(79)103)51(52-15-13-14-16-56(52)84-66)23-26-89(45(6)7)78(104)114-41-47-17-19-57(61(35-47)115-76-69(96)67(94)68(95)70(116-76)75(101)102)85-71(97)46(8)81-73(99)65(44(4)5)86-64(93)24-27-109-29-31-111-33-34-112-32-30-110-28-25-80-72(98)58(43-117(106,107)108)83-63(92)22-21-62(91)82-49-18-20-59-48(36-49)37-50(88(59)12-3)39-87(9)11-2/h13-20,35-38,44-46,58,65,67-70,76,94-96,105H,10-12,21-34,39-43H2,1-9H3,(H,80,98)(H,81,99)(H,82,91)(H,83,92)(H,85,97)(H,86,93)(H,101,102)(H,106,107,108)/t46-,58-,65-,67-,68-,69+,70-,76+,79-/m0/s1.